The number of carboxylic acid groups (broad SMARTS) is 1. The van der Waals surface area contributed by atoms with Crippen molar-refractivity contribution in [2.45, 2.75) is 63.5 Å². The van der Waals surface area contributed by atoms with Gasteiger partial charge >= 0.3 is 12.1 Å². The van der Waals surface area contributed by atoms with Crippen molar-refractivity contribution in [1.82, 2.24) is 14.7 Å². The molecule has 0 spiro atoms. The molecule has 0 bridgehead atoms. The van der Waals surface area contributed by atoms with Crippen LogP contribution >= 0.6 is 0 Å². The first-order valence-corrected chi connectivity index (χ1v) is 14.5. The van der Waals surface area contributed by atoms with Crippen LogP contribution in [-0.4, -0.2) is 90.1 Å². The average molecular weight is 564 g/mol. The monoisotopic (exact) mass is 563 g/mol. The zero-order chi connectivity index (χ0) is 29.7. The molecular weight excluding hydrogens is 522 g/mol. The van der Waals surface area contributed by atoms with Crippen molar-refractivity contribution >= 4 is 23.9 Å². The summed E-state index contributed by atoms with van der Waals surface area (Å²) < 4.78 is 5.86. The van der Waals surface area contributed by atoms with E-state index in [-0.39, 0.29) is 18.4 Å². The normalized spacial score (nSPS) is 15.9. The minimum atomic E-state index is -1.17. The van der Waals surface area contributed by atoms with Gasteiger partial charge in [0.25, 0.3) is 0 Å². The van der Waals surface area contributed by atoms with E-state index in [0.717, 1.165) is 47.9 Å². The molecule has 2 aromatic carbocycles. The Hall–Kier alpha value is -3.88. The van der Waals surface area contributed by atoms with Gasteiger partial charge in [-0.3, -0.25) is 19.3 Å². The second-order valence-corrected chi connectivity index (χ2v) is 11.2. The summed E-state index contributed by atoms with van der Waals surface area (Å²) in [5.74, 6) is -2.27. The van der Waals surface area contributed by atoms with E-state index in [1.807, 2.05) is 43.3 Å². The SMILES string of the molecule is CCCN(C)C(=O)C(CC(=O)O)N(C)C(=O)[C@H](C1CCCC1)N(C)C(=O)OCC1c2ccccc2-c2ccccc21. The first-order valence-electron chi connectivity index (χ1n) is 14.5. The summed E-state index contributed by atoms with van der Waals surface area (Å²) in [6.45, 7) is 2.49. The number of nitrogens with zero attached hydrogens (tertiary/aromatic N) is 3. The third-order valence-electron chi connectivity index (χ3n) is 8.54. The molecule has 1 fully saturated rings. The van der Waals surface area contributed by atoms with Crippen molar-refractivity contribution in [3.63, 3.8) is 0 Å². The summed E-state index contributed by atoms with van der Waals surface area (Å²) in [6.07, 6.45) is 2.98. The first-order chi connectivity index (χ1) is 19.6. The van der Waals surface area contributed by atoms with Crippen molar-refractivity contribution in [2.24, 2.45) is 5.92 Å². The Morgan fingerprint density at radius 2 is 1.44 bits per heavy atom. The molecule has 0 saturated heterocycles. The van der Waals surface area contributed by atoms with E-state index in [2.05, 4.69) is 12.1 Å². The van der Waals surface area contributed by atoms with Gasteiger partial charge in [0.15, 0.2) is 0 Å². The number of fused-ring (bicyclic) bond motifs is 3. The van der Waals surface area contributed by atoms with E-state index < -0.39 is 42.4 Å². The molecule has 4 rings (SSSR count). The van der Waals surface area contributed by atoms with Gasteiger partial charge in [-0.05, 0) is 47.4 Å². The predicted molar refractivity (Wildman–Crippen MR) is 155 cm³/mol. The highest BCUT2D eigenvalue weighted by atomic mass is 16.6. The van der Waals surface area contributed by atoms with E-state index in [4.69, 9.17) is 4.74 Å². The highest BCUT2D eigenvalue weighted by Gasteiger charge is 2.42. The number of carbonyl (C=O) groups excluding carboxylic acids is 3. The van der Waals surface area contributed by atoms with E-state index in [1.165, 1.54) is 21.7 Å². The van der Waals surface area contributed by atoms with Crippen LogP contribution in [0.4, 0.5) is 4.79 Å². The Balaban J connectivity index is 1.53. The Morgan fingerprint density at radius 1 is 0.878 bits per heavy atom. The molecule has 0 radical (unpaired) electrons. The lowest BCUT2D eigenvalue weighted by Gasteiger charge is -2.37. The number of likely N-dealkylation sites (N-methyl/N-ethyl adjacent to an activating group) is 3. The number of hydrogen-bond donors (Lipinski definition) is 1. The molecule has 2 aromatic rings. The zero-order valence-electron chi connectivity index (χ0n) is 24.4. The molecular formula is C32H41N3O6. The minimum absolute atomic E-state index is 0.107. The molecule has 1 N–H and O–H groups in total. The highest BCUT2D eigenvalue weighted by molar-refractivity contribution is 5.93. The Bertz CT molecular complexity index is 1230. The van der Waals surface area contributed by atoms with Crippen LogP contribution in [0.3, 0.4) is 0 Å². The van der Waals surface area contributed by atoms with Gasteiger partial charge in [-0.1, -0.05) is 68.3 Å². The summed E-state index contributed by atoms with van der Waals surface area (Å²) in [5.41, 5.74) is 4.44. The molecule has 41 heavy (non-hydrogen) atoms. The Labute approximate surface area is 242 Å². The Kier molecular flexibility index (Phi) is 9.68. The van der Waals surface area contributed by atoms with Crippen LogP contribution in [0.5, 0.6) is 0 Å². The van der Waals surface area contributed by atoms with Gasteiger partial charge in [-0.2, -0.15) is 0 Å². The second kappa shape index (κ2) is 13.2. The van der Waals surface area contributed by atoms with Crippen molar-refractivity contribution in [3.05, 3.63) is 59.7 Å². The second-order valence-electron chi connectivity index (χ2n) is 11.2. The van der Waals surface area contributed by atoms with Crippen LogP contribution in [-0.2, 0) is 19.1 Å². The van der Waals surface area contributed by atoms with Crippen molar-refractivity contribution in [3.8, 4) is 11.1 Å². The van der Waals surface area contributed by atoms with E-state index in [1.54, 1.807) is 14.1 Å². The van der Waals surface area contributed by atoms with Gasteiger partial charge in [0, 0.05) is 33.6 Å². The number of aliphatic carboxylic acids is 1. The largest absolute Gasteiger partial charge is 0.481 e. The number of ether oxygens (including phenoxy) is 1. The minimum Gasteiger partial charge on any atom is -0.481 e. The summed E-state index contributed by atoms with van der Waals surface area (Å²) in [6, 6.07) is 14.1. The van der Waals surface area contributed by atoms with Crippen LogP contribution in [0.2, 0.25) is 0 Å². The smallest absolute Gasteiger partial charge is 0.410 e. The summed E-state index contributed by atoms with van der Waals surface area (Å²) in [5, 5.41) is 9.54. The molecule has 0 heterocycles. The summed E-state index contributed by atoms with van der Waals surface area (Å²) in [4.78, 5) is 56.4. The Morgan fingerprint density at radius 3 is 1.98 bits per heavy atom. The topological polar surface area (TPSA) is 107 Å². The van der Waals surface area contributed by atoms with Crippen LogP contribution in [0, 0.1) is 5.92 Å². The fourth-order valence-corrected chi connectivity index (χ4v) is 6.38. The quantitative estimate of drug-likeness (QED) is 0.428. The number of rotatable bonds is 11. The highest BCUT2D eigenvalue weighted by Crippen LogP contribution is 2.44. The fraction of sp³-hybridized carbons (Fsp3) is 0.500. The molecule has 2 atom stereocenters. The maximum absolute atomic E-state index is 14.0. The van der Waals surface area contributed by atoms with Gasteiger partial charge in [0.05, 0.1) is 6.42 Å². The van der Waals surface area contributed by atoms with Gasteiger partial charge in [-0.25, -0.2) is 4.79 Å². The zero-order valence-corrected chi connectivity index (χ0v) is 24.4. The van der Waals surface area contributed by atoms with Gasteiger partial charge in [0.1, 0.15) is 18.7 Å². The van der Waals surface area contributed by atoms with Crippen molar-refractivity contribution in [1.29, 1.82) is 0 Å². The number of benzene rings is 2. The predicted octanol–water partition coefficient (Wildman–Crippen LogP) is 4.60. The van der Waals surface area contributed by atoms with Crippen LogP contribution in [0.15, 0.2) is 48.5 Å². The lowest BCUT2D eigenvalue weighted by atomic mass is 9.95. The van der Waals surface area contributed by atoms with Crippen molar-refractivity contribution in [2.75, 3.05) is 34.3 Å². The molecule has 220 valence electrons. The number of hydrogen-bond acceptors (Lipinski definition) is 5. The number of carboxylic acids is 1. The maximum Gasteiger partial charge on any atom is 0.410 e. The van der Waals surface area contributed by atoms with Crippen LogP contribution in [0.1, 0.15) is 62.5 Å². The lowest BCUT2D eigenvalue weighted by Crippen LogP contribution is -2.57. The fourth-order valence-electron chi connectivity index (χ4n) is 6.38. The van der Waals surface area contributed by atoms with E-state index >= 15 is 0 Å². The van der Waals surface area contributed by atoms with Gasteiger partial charge in [0.2, 0.25) is 11.8 Å². The average Bonchev–Trinajstić information content (AvgIpc) is 3.60. The van der Waals surface area contributed by atoms with Gasteiger partial charge in [-0.15, -0.1) is 0 Å². The van der Waals surface area contributed by atoms with Crippen LogP contribution in [0.25, 0.3) is 11.1 Å². The first kappa shape index (κ1) is 30.1. The summed E-state index contributed by atoms with van der Waals surface area (Å²) >= 11 is 0. The summed E-state index contributed by atoms with van der Waals surface area (Å²) in [7, 11) is 4.63. The number of carbonyl (C=O) groups is 4. The molecule has 2 aliphatic carbocycles. The molecule has 3 amide bonds. The molecule has 9 nitrogen and oxygen atoms in total. The third-order valence-corrected chi connectivity index (χ3v) is 8.54. The molecule has 1 saturated carbocycles. The lowest BCUT2D eigenvalue weighted by molar-refractivity contribution is -0.151. The van der Waals surface area contributed by atoms with Crippen molar-refractivity contribution < 1.29 is 29.0 Å². The maximum atomic E-state index is 14.0. The standard InChI is InChI=1S/C32H41N3O6/c1-5-18-33(2)30(38)27(19-28(36)37)34(3)31(39)29(21-12-6-7-13-21)35(4)32(40)41-20-26-24-16-10-8-14-22(24)23-15-9-11-17-25(23)26/h8-11,14-17,21,26-27,29H,5-7,12-13,18-20H2,1-4H3,(H,36,37)/t27?,29-/m0/s1. The number of amides is 3. The molecule has 0 aliphatic heterocycles. The molecule has 0 aromatic heterocycles. The van der Waals surface area contributed by atoms with E-state index in [0.29, 0.717) is 13.0 Å². The molecule has 9 heteroatoms. The van der Waals surface area contributed by atoms with Crippen LogP contribution < -0.4 is 0 Å². The molecule has 2 aliphatic rings. The molecule has 1 unspecified atom stereocenters. The van der Waals surface area contributed by atoms with Gasteiger partial charge < -0.3 is 19.6 Å². The third kappa shape index (κ3) is 6.39. The van der Waals surface area contributed by atoms with E-state index in [9.17, 15) is 24.3 Å².